The van der Waals surface area contributed by atoms with Crippen LogP contribution >= 0.6 is 0 Å². The molecule has 0 aliphatic carbocycles. The Hall–Kier alpha value is -3.62. The average molecular weight is 381 g/mol. The number of anilines is 2. The topological polar surface area (TPSA) is 134 Å². The number of carbonyl (C=O) groups is 1. The average Bonchev–Trinajstić information content (AvgIpc) is 2.67. The molecule has 9 heteroatoms. The highest BCUT2D eigenvalue weighted by molar-refractivity contribution is 5.81. The Bertz CT molecular complexity index is 1090. The van der Waals surface area contributed by atoms with Crippen LogP contribution in [0.3, 0.4) is 0 Å². The minimum Gasteiger partial charge on any atom is -0.478 e. The highest BCUT2D eigenvalue weighted by Gasteiger charge is 2.44. The Labute approximate surface area is 159 Å². The van der Waals surface area contributed by atoms with Crippen molar-refractivity contribution in [2.75, 3.05) is 23.7 Å². The maximum absolute atomic E-state index is 12.0. The van der Waals surface area contributed by atoms with Crippen molar-refractivity contribution in [3.63, 3.8) is 0 Å². The van der Waals surface area contributed by atoms with E-state index in [1.54, 1.807) is 24.4 Å². The second-order valence-electron chi connectivity index (χ2n) is 6.74. The molecule has 0 amide bonds. The van der Waals surface area contributed by atoms with Gasteiger partial charge in [0.1, 0.15) is 11.6 Å². The fraction of sp³-hybridized carbons (Fsp3) is 0.263. The summed E-state index contributed by atoms with van der Waals surface area (Å²) in [6.45, 7) is 0.745. The third kappa shape index (κ3) is 3.34. The Morgan fingerprint density at radius 3 is 2.75 bits per heavy atom. The number of carboxylic acid groups (broad SMARTS) is 1. The van der Waals surface area contributed by atoms with Gasteiger partial charge in [-0.1, -0.05) is 6.07 Å². The van der Waals surface area contributed by atoms with Gasteiger partial charge in [-0.15, -0.1) is 0 Å². The molecule has 3 heterocycles. The van der Waals surface area contributed by atoms with E-state index in [4.69, 9.17) is 10.5 Å². The smallest absolute Gasteiger partial charge is 0.348 e. The Kier molecular flexibility index (Phi) is 4.34. The van der Waals surface area contributed by atoms with Crippen molar-refractivity contribution in [1.82, 2.24) is 15.0 Å². The quantitative estimate of drug-likeness (QED) is 0.617. The van der Waals surface area contributed by atoms with Crippen LogP contribution in [0, 0.1) is 0 Å². The Balaban J connectivity index is 1.56. The van der Waals surface area contributed by atoms with Crippen molar-refractivity contribution >= 4 is 28.6 Å². The second kappa shape index (κ2) is 6.84. The number of carboxylic acids is 1. The molecular formula is C19H19N5O4. The van der Waals surface area contributed by atoms with Crippen LogP contribution in [0.1, 0.15) is 12.8 Å². The summed E-state index contributed by atoms with van der Waals surface area (Å²) in [5.74, 6) is -0.0812. The van der Waals surface area contributed by atoms with Crippen molar-refractivity contribution < 1.29 is 14.6 Å². The van der Waals surface area contributed by atoms with E-state index in [2.05, 4.69) is 15.0 Å². The maximum Gasteiger partial charge on any atom is 0.348 e. The van der Waals surface area contributed by atoms with Gasteiger partial charge in [0.05, 0.1) is 5.52 Å². The molecular weight excluding hydrogens is 362 g/mol. The monoisotopic (exact) mass is 381 g/mol. The van der Waals surface area contributed by atoms with Gasteiger partial charge in [0.2, 0.25) is 11.5 Å². The zero-order valence-electron chi connectivity index (χ0n) is 15.0. The first-order chi connectivity index (χ1) is 13.4. The van der Waals surface area contributed by atoms with Gasteiger partial charge in [-0.3, -0.25) is 14.8 Å². The second-order valence-corrected chi connectivity index (χ2v) is 6.74. The van der Waals surface area contributed by atoms with E-state index in [0.29, 0.717) is 24.7 Å². The lowest BCUT2D eigenvalue weighted by Gasteiger charge is -2.39. The number of aromatic nitrogens is 3. The highest BCUT2D eigenvalue weighted by Crippen LogP contribution is 2.32. The summed E-state index contributed by atoms with van der Waals surface area (Å²) in [5.41, 5.74) is 4.71. The number of nitrogen functional groups attached to an aromatic ring is 1. The van der Waals surface area contributed by atoms with Crippen molar-refractivity contribution in [2.24, 2.45) is 0 Å². The zero-order valence-corrected chi connectivity index (χ0v) is 15.0. The standard InChI is InChI=1S/C19H19N5O4/c20-18-22-15(11-16(25)23-18)24-8-5-19(6-9-24,17(26)27)28-13-3-4-14-12(10-13)2-1-7-21-14/h1-4,7,10-11H,5-6,8-9H2,(H,26,27)(H3,20,22,23,25). The number of fused-ring (bicyclic) bond motifs is 1. The minimum absolute atomic E-state index is 0.0265. The molecule has 0 spiro atoms. The minimum atomic E-state index is -1.35. The molecule has 9 nitrogen and oxygen atoms in total. The van der Waals surface area contributed by atoms with Gasteiger partial charge in [-0.05, 0) is 24.3 Å². The number of benzene rings is 1. The molecule has 1 saturated heterocycles. The lowest BCUT2D eigenvalue weighted by molar-refractivity contribution is -0.157. The maximum atomic E-state index is 12.0. The van der Waals surface area contributed by atoms with Crippen molar-refractivity contribution in [3.8, 4) is 5.75 Å². The van der Waals surface area contributed by atoms with Gasteiger partial charge in [0.15, 0.2) is 0 Å². The van der Waals surface area contributed by atoms with E-state index in [1.165, 1.54) is 6.07 Å². The Morgan fingerprint density at radius 1 is 1.25 bits per heavy atom. The van der Waals surface area contributed by atoms with Gasteiger partial charge >= 0.3 is 5.97 Å². The summed E-state index contributed by atoms with van der Waals surface area (Å²) in [6, 6.07) is 10.4. The number of nitrogens with two attached hydrogens (primary N) is 1. The number of aromatic amines is 1. The predicted octanol–water partition coefficient (Wildman–Crippen LogP) is 1.40. The largest absolute Gasteiger partial charge is 0.478 e. The SMILES string of the molecule is Nc1nc(N2CCC(Oc3ccc4ncccc4c3)(C(=O)O)CC2)cc(=O)[nH]1. The number of nitrogens with one attached hydrogen (secondary N) is 1. The number of rotatable bonds is 4. The van der Waals surface area contributed by atoms with Gasteiger partial charge in [0, 0.05) is 43.6 Å². The molecule has 1 fully saturated rings. The van der Waals surface area contributed by atoms with E-state index in [1.807, 2.05) is 17.0 Å². The molecule has 2 aromatic heterocycles. The van der Waals surface area contributed by atoms with Crippen LogP contribution < -0.4 is 20.9 Å². The number of hydrogen-bond acceptors (Lipinski definition) is 7. The third-order valence-electron chi connectivity index (χ3n) is 4.92. The molecule has 0 unspecified atom stereocenters. The molecule has 1 aliphatic heterocycles. The van der Waals surface area contributed by atoms with Crippen LogP contribution in [0.25, 0.3) is 10.9 Å². The first-order valence-electron chi connectivity index (χ1n) is 8.84. The number of pyridine rings is 1. The predicted molar refractivity (Wildman–Crippen MR) is 103 cm³/mol. The summed E-state index contributed by atoms with van der Waals surface area (Å²) in [7, 11) is 0. The third-order valence-corrected chi connectivity index (χ3v) is 4.92. The number of ether oxygens (including phenoxy) is 1. The van der Waals surface area contributed by atoms with Crippen molar-refractivity contribution in [1.29, 1.82) is 0 Å². The molecule has 1 aliphatic rings. The molecule has 0 bridgehead atoms. The van der Waals surface area contributed by atoms with Crippen molar-refractivity contribution in [3.05, 3.63) is 52.9 Å². The van der Waals surface area contributed by atoms with Crippen LogP contribution in [-0.2, 0) is 4.79 Å². The molecule has 144 valence electrons. The fourth-order valence-corrected chi connectivity index (χ4v) is 3.42. The van der Waals surface area contributed by atoms with E-state index >= 15 is 0 Å². The fourth-order valence-electron chi connectivity index (χ4n) is 3.42. The van der Waals surface area contributed by atoms with Crippen LogP contribution in [0.15, 0.2) is 47.4 Å². The highest BCUT2D eigenvalue weighted by atomic mass is 16.5. The summed E-state index contributed by atoms with van der Waals surface area (Å²) >= 11 is 0. The summed E-state index contributed by atoms with van der Waals surface area (Å²) in [6.07, 6.45) is 2.18. The zero-order chi connectivity index (χ0) is 19.7. The number of hydrogen-bond donors (Lipinski definition) is 3. The molecule has 1 aromatic carbocycles. The molecule has 4 N–H and O–H groups in total. The number of H-pyrrole nitrogens is 1. The van der Waals surface area contributed by atoms with Crippen molar-refractivity contribution in [2.45, 2.75) is 18.4 Å². The van der Waals surface area contributed by atoms with Crippen LogP contribution in [-0.4, -0.2) is 44.7 Å². The summed E-state index contributed by atoms with van der Waals surface area (Å²) in [4.78, 5) is 36.3. The van der Waals surface area contributed by atoms with Crippen LogP contribution in [0.4, 0.5) is 11.8 Å². The summed E-state index contributed by atoms with van der Waals surface area (Å²) in [5, 5.41) is 10.7. The van der Waals surface area contributed by atoms with E-state index in [0.717, 1.165) is 10.9 Å². The number of nitrogens with zero attached hydrogens (tertiary/aromatic N) is 3. The first-order valence-corrected chi connectivity index (χ1v) is 8.84. The normalized spacial score (nSPS) is 16.1. The van der Waals surface area contributed by atoms with Crippen LogP contribution in [0.2, 0.25) is 0 Å². The van der Waals surface area contributed by atoms with Gasteiger partial charge in [-0.25, -0.2) is 4.79 Å². The molecule has 0 atom stereocenters. The number of aliphatic carboxylic acids is 1. The van der Waals surface area contributed by atoms with E-state index in [-0.39, 0.29) is 24.3 Å². The van der Waals surface area contributed by atoms with Crippen LogP contribution in [0.5, 0.6) is 5.75 Å². The first kappa shape index (κ1) is 17.8. The van der Waals surface area contributed by atoms with Gasteiger partial charge in [0.25, 0.3) is 5.56 Å². The summed E-state index contributed by atoms with van der Waals surface area (Å²) < 4.78 is 5.98. The molecule has 0 saturated carbocycles. The lowest BCUT2D eigenvalue weighted by Crippen LogP contribution is -2.53. The molecule has 0 radical (unpaired) electrons. The molecule has 28 heavy (non-hydrogen) atoms. The Morgan fingerprint density at radius 2 is 2.04 bits per heavy atom. The lowest BCUT2D eigenvalue weighted by atomic mass is 9.91. The van der Waals surface area contributed by atoms with E-state index in [9.17, 15) is 14.7 Å². The van der Waals surface area contributed by atoms with Gasteiger partial charge in [-0.2, -0.15) is 4.98 Å². The molecule has 3 aromatic rings. The number of piperidine rings is 1. The molecule has 4 rings (SSSR count). The van der Waals surface area contributed by atoms with Gasteiger partial charge < -0.3 is 20.5 Å². The van der Waals surface area contributed by atoms with E-state index < -0.39 is 11.6 Å².